The van der Waals surface area contributed by atoms with Crippen molar-refractivity contribution in [3.8, 4) is 5.69 Å². The van der Waals surface area contributed by atoms with E-state index in [0.29, 0.717) is 5.56 Å². The number of alkyl halides is 3. The molecule has 7 heteroatoms. The molecule has 100 valence electrons. The van der Waals surface area contributed by atoms with E-state index in [2.05, 4.69) is 4.98 Å². The van der Waals surface area contributed by atoms with Crippen molar-refractivity contribution in [3.63, 3.8) is 0 Å². The molecule has 19 heavy (non-hydrogen) atoms. The van der Waals surface area contributed by atoms with Crippen molar-refractivity contribution < 1.29 is 23.1 Å². The summed E-state index contributed by atoms with van der Waals surface area (Å²) in [5.41, 5.74) is -0.187. The van der Waals surface area contributed by atoms with Gasteiger partial charge in [0.1, 0.15) is 6.33 Å². The third-order valence-electron chi connectivity index (χ3n) is 2.62. The predicted molar refractivity (Wildman–Crippen MR) is 60.3 cm³/mol. The van der Waals surface area contributed by atoms with E-state index in [-0.39, 0.29) is 11.4 Å². The molecule has 1 heterocycles. The largest absolute Gasteiger partial charge is 0.476 e. The molecule has 2 aromatic rings. The van der Waals surface area contributed by atoms with Gasteiger partial charge in [0.05, 0.1) is 11.3 Å². The SMILES string of the molecule is Cc1ccc(C(F)(F)F)cc1-n1cnc(C(=O)O)c1. The Bertz CT molecular complexity index is 632. The molecule has 0 amide bonds. The van der Waals surface area contributed by atoms with Crippen molar-refractivity contribution in [2.75, 3.05) is 0 Å². The summed E-state index contributed by atoms with van der Waals surface area (Å²) in [7, 11) is 0. The third kappa shape index (κ3) is 2.59. The molecule has 0 saturated carbocycles. The van der Waals surface area contributed by atoms with Gasteiger partial charge < -0.3 is 9.67 Å². The van der Waals surface area contributed by atoms with Gasteiger partial charge in [0.25, 0.3) is 0 Å². The summed E-state index contributed by atoms with van der Waals surface area (Å²) in [6.45, 7) is 1.63. The van der Waals surface area contributed by atoms with Crippen LogP contribution in [0.2, 0.25) is 0 Å². The summed E-state index contributed by atoms with van der Waals surface area (Å²) in [6, 6.07) is 3.27. The van der Waals surface area contributed by atoms with Crippen molar-refractivity contribution in [3.05, 3.63) is 47.5 Å². The fourth-order valence-corrected chi connectivity index (χ4v) is 1.63. The Kier molecular flexibility index (Phi) is 3.05. The Balaban J connectivity index is 2.51. The molecular weight excluding hydrogens is 261 g/mol. The van der Waals surface area contributed by atoms with Crippen LogP contribution < -0.4 is 0 Å². The molecule has 2 rings (SSSR count). The molecule has 1 aromatic heterocycles. The zero-order valence-corrected chi connectivity index (χ0v) is 9.77. The summed E-state index contributed by atoms with van der Waals surface area (Å²) < 4.78 is 39.1. The highest BCUT2D eigenvalue weighted by atomic mass is 19.4. The zero-order chi connectivity index (χ0) is 14.2. The second kappa shape index (κ2) is 4.42. The van der Waals surface area contributed by atoms with Crippen LogP contribution in [0, 0.1) is 6.92 Å². The summed E-state index contributed by atoms with van der Waals surface area (Å²) >= 11 is 0. The minimum atomic E-state index is -4.45. The lowest BCUT2D eigenvalue weighted by Gasteiger charge is -2.11. The van der Waals surface area contributed by atoms with Crippen molar-refractivity contribution >= 4 is 5.97 Å². The normalized spacial score (nSPS) is 11.6. The third-order valence-corrected chi connectivity index (χ3v) is 2.62. The molecule has 4 nitrogen and oxygen atoms in total. The first-order chi connectivity index (χ1) is 8.79. The first-order valence-corrected chi connectivity index (χ1v) is 5.24. The van der Waals surface area contributed by atoms with Crippen LogP contribution in [0.15, 0.2) is 30.7 Å². The highest BCUT2D eigenvalue weighted by molar-refractivity contribution is 5.85. The lowest BCUT2D eigenvalue weighted by atomic mass is 10.1. The monoisotopic (exact) mass is 270 g/mol. The molecule has 0 atom stereocenters. The van der Waals surface area contributed by atoms with Gasteiger partial charge in [-0.3, -0.25) is 0 Å². The molecule has 1 N–H and O–H groups in total. The number of carboxylic acid groups (broad SMARTS) is 1. The topological polar surface area (TPSA) is 55.1 Å². The molecule has 0 spiro atoms. The van der Waals surface area contributed by atoms with Gasteiger partial charge in [0, 0.05) is 6.20 Å². The van der Waals surface area contributed by atoms with Crippen LogP contribution in [0.25, 0.3) is 5.69 Å². The predicted octanol–water partition coefficient (Wildman–Crippen LogP) is 2.90. The molecule has 1 aromatic carbocycles. The Morgan fingerprint density at radius 2 is 2.05 bits per heavy atom. The van der Waals surface area contributed by atoms with Gasteiger partial charge >= 0.3 is 12.1 Å². The van der Waals surface area contributed by atoms with Crippen LogP contribution in [-0.2, 0) is 6.18 Å². The van der Waals surface area contributed by atoms with Gasteiger partial charge in [-0.2, -0.15) is 13.2 Å². The summed E-state index contributed by atoms with van der Waals surface area (Å²) in [5.74, 6) is -1.23. The van der Waals surface area contributed by atoms with E-state index in [4.69, 9.17) is 5.11 Å². The quantitative estimate of drug-likeness (QED) is 0.912. The zero-order valence-electron chi connectivity index (χ0n) is 9.77. The van der Waals surface area contributed by atoms with Gasteiger partial charge in [-0.15, -0.1) is 0 Å². The fourth-order valence-electron chi connectivity index (χ4n) is 1.63. The van der Waals surface area contributed by atoms with Crippen LogP contribution >= 0.6 is 0 Å². The van der Waals surface area contributed by atoms with Crippen molar-refractivity contribution in [2.24, 2.45) is 0 Å². The second-order valence-corrected chi connectivity index (χ2v) is 3.97. The lowest BCUT2D eigenvalue weighted by molar-refractivity contribution is -0.137. The van der Waals surface area contributed by atoms with Crippen molar-refractivity contribution in [1.29, 1.82) is 0 Å². The molecule has 0 aliphatic carbocycles. The van der Waals surface area contributed by atoms with Crippen LogP contribution in [0.4, 0.5) is 13.2 Å². The van der Waals surface area contributed by atoms with Gasteiger partial charge in [0.15, 0.2) is 5.69 Å². The van der Waals surface area contributed by atoms with E-state index in [9.17, 15) is 18.0 Å². The van der Waals surface area contributed by atoms with E-state index in [1.54, 1.807) is 6.92 Å². The number of nitrogens with zero attached hydrogens (tertiary/aromatic N) is 2. The Morgan fingerprint density at radius 3 is 2.58 bits per heavy atom. The standard InChI is InChI=1S/C12H9F3N2O2/c1-7-2-3-8(12(13,14)15)4-10(7)17-5-9(11(18)19)16-6-17/h2-6H,1H3,(H,18,19). The number of hydrogen-bond donors (Lipinski definition) is 1. The van der Waals surface area contributed by atoms with E-state index in [0.717, 1.165) is 12.1 Å². The van der Waals surface area contributed by atoms with E-state index in [1.807, 2.05) is 0 Å². The minimum absolute atomic E-state index is 0.225. The van der Waals surface area contributed by atoms with Gasteiger partial charge in [-0.05, 0) is 24.6 Å². The van der Waals surface area contributed by atoms with Crippen LogP contribution in [0.3, 0.4) is 0 Å². The maximum atomic E-state index is 12.6. The molecule has 0 bridgehead atoms. The number of aromatic nitrogens is 2. The van der Waals surface area contributed by atoms with E-state index < -0.39 is 17.7 Å². The molecule has 0 fully saturated rings. The number of aromatic carboxylic acids is 1. The van der Waals surface area contributed by atoms with Gasteiger partial charge in [-0.25, -0.2) is 9.78 Å². The summed E-state index contributed by atoms with van der Waals surface area (Å²) in [4.78, 5) is 14.3. The fraction of sp³-hybridized carbons (Fsp3) is 0.167. The van der Waals surface area contributed by atoms with E-state index in [1.165, 1.54) is 23.2 Å². The summed E-state index contributed by atoms with van der Waals surface area (Å²) in [6.07, 6.45) is -2.10. The average molecular weight is 270 g/mol. The number of carboxylic acids is 1. The van der Waals surface area contributed by atoms with Gasteiger partial charge in [0.2, 0.25) is 0 Å². The Morgan fingerprint density at radius 1 is 1.37 bits per heavy atom. The van der Waals surface area contributed by atoms with Crippen molar-refractivity contribution in [1.82, 2.24) is 9.55 Å². The van der Waals surface area contributed by atoms with E-state index >= 15 is 0 Å². The van der Waals surface area contributed by atoms with Crippen molar-refractivity contribution in [2.45, 2.75) is 13.1 Å². The van der Waals surface area contributed by atoms with Gasteiger partial charge in [-0.1, -0.05) is 6.07 Å². The number of rotatable bonds is 2. The number of aryl methyl sites for hydroxylation is 1. The first-order valence-electron chi connectivity index (χ1n) is 5.24. The number of carbonyl (C=O) groups is 1. The minimum Gasteiger partial charge on any atom is -0.476 e. The highest BCUT2D eigenvalue weighted by Gasteiger charge is 2.31. The van der Waals surface area contributed by atoms with Crippen LogP contribution in [-0.4, -0.2) is 20.6 Å². The molecule has 0 radical (unpaired) electrons. The Hall–Kier alpha value is -2.31. The lowest BCUT2D eigenvalue weighted by Crippen LogP contribution is -2.06. The number of halogens is 3. The molecule has 0 aliphatic rings. The Labute approximate surface area is 106 Å². The molecule has 0 saturated heterocycles. The molecule has 0 aliphatic heterocycles. The second-order valence-electron chi connectivity index (χ2n) is 3.97. The highest BCUT2D eigenvalue weighted by Crippen LogP contribution is 2.31. The smallest absolute Gasteiger partial charge is 0.416 e. The maximum Gasteiger partial charge on any atom is 0.416 e. The number of benzene rings is 1. The average Bonchev–Trinajstić information content (AvgIpc) is 2.77. The number of imidazole rings is 1. The van der Waals surface area contributed by atoms with Crippen LogP contribution in [0.1, 0.15) is 21.6 Å². The molecule has 0 unspecified atom stereocenters. The van der Waals surface area contributed by atoms with Crippen LogP contribution in [0.5, 0.6) is 0 Å². The first kappa shape index (κ1) is 13.1. The maximum absolute atomic E-state index is 12.6. The number of hydrogen-bond acceptors (Lipinski definition) is 2. The summed E-state index contributed by atoms with van der Waals surface area (Å²) in [5, 5.41) is 8.74. The molecular formula is C12H9F3N2O2.